The molecule has 1 N–H and O–H groups in total. The third-order valence-electron chi connectivity index (χ3n) is 4.40. The Bertz CT molecular complexity index is 396. The van der Waals surface area contributed by atoms with Crippen molar-refractivity contribution < 1.29 is 5.11 Å². The smallest absolute Gasteiger partial charge is 0.0828 e. The highest BCUT2D eigenvalue weighted by molar-refractivity contribution is 7.99. The van der Waals surface area contributed by atoms with Crippen molar-refractivity contribution in [3.63, 3.8) is 0 Å². The summed E-state index contributed by atoms with van der Waals surface area (Å²) in [5.41, 5.74) is 2.07. The maximum Gasteiger partial charge on any atom is 0.0828 e. The summed E-state index contributed by atoms with van der Waals surface area (Å²) in [4.78, 5) is 0. The lowest BCUT2D eigenvalue weighted by molar-refractivity contribution is -0.0513. The van der Waals surface area contributed by atoms with E-state index in [9.17, 15) is 5.11 Å². The molecule has 0 radical (unpaired) electrons. The summed E-state index contributed by atoms with van der Waals surface area (Å²) in [6.45, 7) is 6.57. The summed E-state index contributed by atoms with van der Waals surface area (Å²) < 4.78 is 0. The molecule has 1 fully saturated rings. The first-order chi connectivity index (χ1) is 8.47. The van der Waals surface area contributed by atoms with E-state index in [-0.39, 0.29) is 5.41 Å². The third kappa shape index (κ3) is 2.75. The average Bonchev–Trinajstić information content (AvgIpc) is 2.34. The third-order valence-corrected chi connectivity index (χ3v) is 5.57. The second-order valence-electron chi connectivity index (χ2n) is 6.06. The van der Waals surface area contributed by atoms with Crippen molar-refractivity contribution in [2.45, 2.75) is 45.6 Å². The number of rotatable bonds is 3. The fourth-order valence-corrected chi connectivity index (χ4v) is 4.15. The molecular formula is C16H24OS. The van der Waals surface area contributed by atoms with Crippen LogP contribution in [0.5, 0.6) is 0 Å². The second kappa shape index (κ2) is 5.26. The van der Waals surface area contributed by atoms with Gasteiger partial charge in [0.25, 0.3) is 0 Å². The Morgan fingerprint density at radius 2 is 1.78 bits per heavy atom. The minimum absolute atomic E-state index is 0.0156. The van der Waals surface area contributed by atoms with Gasteiger partial charge in [0.1, 0.15) is 0 Å². The molecule has 2 rings (SSSR count). The molecule has 1 nitrogen and oxygen atoms in total. The van der Waals surface area contributed by atoms with E-state index < -0.39 is 5.60 Å². The van der Waals surface area contributed by atoms with Gasteiger partial charge in [-0.25, -0.2) is 0 Å². The highest BCUT2D eigenvalue weighted by Crippen LogP contribution is 2.44. The predicted octanol–water partition coefficient (Wildman–Crippen LogP) is 3.69. The van der Waals surface area contributed by atoms with Crippen LogP contribution >= 0.6 is 11.8 Å². The standard InChI is InChI=1S/C16H24OS/c1-4-13-5-7-14(8-6-13)11-16(17)12-18-10-9-15(16,2)3/h5-8,17H,4,9-12H2,1-3H3. The summed E-state index contributed by atoms with van der Waals surface area (Å²) in [6.07, 6.45) is 2.95. The summed E-state index contributed by atoms with van der Waals surface area (Å²) in [5.74, 6) is 2.03. The van der Waals surface area contributed by atoms with E-state index in [1.807, 2.05) is 11.8 Å². The fourth-order valence-electron chi connectivity index (χ4n) is 2.52. The van der Waals surface area contributed by atoms with Gasteiger partial charge in [0.15, 0.2) is 0 Å². The van der Waals surface area contributed by atoms with Crippen LogP contribution in [0.1, 0.15) is 38.3 Å². The van der Waals surface area contributed by atoms with E-state index >= 15 is 0 Å². The van der Waals surface area contributed by atoms with E-state index in [1.54, 1.807) is 0 Å². The molecule has 1 aromatic rings. The molecule has 18 heavy (non-hydrogen) atoms. The van der Waals surface area contributed by atoms with Crippen LogP contribution in [0.3, 0.4) is 0 Å². The second-order valence-corrected chi connectivity index (χ2v) is 7.17. The zero-order chi connectivity index (χ0) is 13.2. The summed E-state index contributed by atoms with van der Waals surface area (Å²) in [5, 5.41) is 11.0. The van der Waals surface area contributed by atoms with Crippen LogP contribution in [0.4, 0.5) is 0 Å². The molecule has 0 amide bonds. The topological polar surface area (TPSA) is 20.2 Å². The number of thioether (sulfide) groups is 1. The molecule has 100 valence electrons. The zero-order valence-corrected chi connectivity index (χ0v) is 12.5. The number of hydrogen-bond donors (Lipinski definition) is 1. The van der Waals surface area contributed by atoms with E-state index in [1.165, 1.54) is 16.9 Å². The Kier molecular flexibility index (Phi) is 4.08. The molecule has 1 heterocycles. The van der Waals surface area contributed by atoms with Gasteiger partial charge in [0.2, 0.25) is 0 Å². The first-order valence-electron chi connectivity index (χ1n) is 6.85. The van der Waals surface area contributed by atoms with Gasteiger partial charge in [0.05, 0.1) is 5.60 Å². The molecular weight excluding hydrogens is 240 g/mol. The van der Waals surface area contributed by atoms with Crippen molar-refractivity contribution in [1.82, 2.24) is 0 Å². The highest BCUT2D eigenvalue weighted by Gasteiger charge is 2.45. The fraction of sp³-hybridized carbons (Fsp3) is 0.625. The molecule has 2 heteroatoms. The molecule has 1 saturated heterocycles. The molecule has 0 saturated carbocycles. The number of benzene rings is 1. The van der Waals surface area contributed by atoms with Crippen LogP contribution in [-0.4, -0.2) is 22.2 Å². The monoisotopic (exact) mass is 264 g/mol. The summed E-state index contributed by atoms with van der Waals surface area (Å²) >= 11 is 1.88. The van der Waals surface area contributed by atoms with Crippen LogP contribution in [0.25, 0.3) is 0 Å². The van der Waals surface area contributed by atoms with Gasteiger partial charge in [-0.15, -0.1) is 0 Å². The Morgan fingerprint density at radius 1 is 1.17 bits per heavy atom. The summed E-state index contributed by atoms with van der Waals surface area (Å²) in [7, 11) is 0. The molecule has 0 aliphatic carbocycles. The van der Waals surface area contributed by atoms with E-state index in [2.05, 4.69) is 45.0 Å². The maximum absolute atomic E-state index is 11.0. The Hall–Kier alpha value is -0.470. The van der Waals surface area contributed by atoms with Crippen LogP contribution in [0.15, 0.2) is 24.3 Å². The largest absolute Gasteiger partial charge is 0.388 e. The molecule has 1 aromatic carbocycles. The highest BCUT2D eigenvalue weighted by atomic mass is 32.2. The van der Waals surface area contributed by atoms with Crippen molar-refractivity contribution in [2.24, 2.45) is 5.41 Å². The molecule has 0 bridgehead atoms. The molecule has 1 aliphatic heterocycles. The first-order valence-corrected chi connectivity index (χ1v) is 8.00. The van der Waals surface area contributed by atoms with Gasteiger partial charge in [-0.05, 0) is 35.1 Å². The van der Waals surface area contributed by atoms with Gasteiger partial charge in [-0.1, -0.05) is 45.0 Å². The van der Waals surface area contributed by atoms with E-state index in [0.717, 1.165) is 25.0 Å². The number of aryl methyl sites for hydroxylation is 1. The zero-order valence-electron chi connectivity index (χ0n) is 11.7. The van der Waals surface area contributed by atoms with Crippen molar-refractivity contribution in [2.75, 3.05) is 11.5 Å². The lowest BCUT2D eigenvalue weighted by Crippen LogP contribution is -2.51. The van der Waals surface area contributed by atoms with E-state index in [4.69, 9.17) is 0 Å². The van der Waals surface area contributed by atoms with E-state index in [0.29, 0.717) is 0 Å². The minimum Gasteiger partial charge on any atom is -0.388 e. The molecule has 1 atom stereocenters. The minimum atomic E-state index is -0.566. The van der Waals surface area contributed by atoms with Gasteiger partial charge in [-0.3, -0.25) is 0 Å². The Labute approximate surface area is 115 Å². The Balaban J connectivity index is 2.15. The maximum atomic E-state index is 11.0. The SMILES string of the molecule is CCc1ccc(CC2(O)CSCCC2(C)C)cc1. The molecule has 1 aliphatic rings. The molecule has 1 unspecified atom stereocenters. The number of aliphatic hydroxyl groups is 1. The summed E-state index contributed by atoms with van der Waals surface area (Å²) in [6, 6.07) is 8.71. The van der Waals surface area contributed by atoms with Crippen LogP contribution < -0.4 is 0 Å². The lowest BCUT2D eigenvalue weighted by atomic mass is 9.70. The lowest BCUT2D eigenvalue weighted by Gasteiger charge is -2.46. The van der Waals surface area contributed by atoms with Crippen molar-refractivity contribution in [3.05, 3.63) is 35.4 Å². The normalized spacial score (nSPS) is 27.1. The van der Waals surface area contributed by atoms with Gasteiger partial charge in [0, 0.05) is 12.2 Å². The van der Waals surface area contributed by atoms with Gasteiger partial charge < -0.3 is 5.11 Å². The van der Waals surface area contributed by atoms with Crippen molar-refractivity contribution >= 4 is 11.8 Å². The van der Waals surface area contributed by atoms with Crippen LogP contribution in [0.2, 0.25) is 0 Å². The molecule has 0 spiro atoms. The van der Waals surface area contributed by atoms with Crippen LogP contribution in [0, 0.1) is 5.41 Å². The van der Waals surface area contributed by atoms with Crippen molar-refractivity contribution in [1.29, 1.82) is 0 Å². The van der Waals surface area contributed by atoms with Crippen molar-refractivity contribution in [3.8, 4) is 0 Å². The quantitative estimate of drug-likeness (QED) is 0.898. The Morgan fingerprint density at radius 3 is 2.33 bits per heavy atom. The van der Waals surface area contributed by atoms with Crippen LogP contribution in [-0.2, 0) is 12.8 Å². The number of hydrogen-bond acceptors (Lipinski definition) is 2. The van der Waals surface area contributed by atoms with Gasteiger partial charge >= 0.3 is 0 Å². The molecule has 0 aromatic heterocycles. The van der Waals surface area contributed by atoms with Gasteiger partial charge in [-0.2, -0.15) is 11.8 Å². The first kappa shape index (κ1) is 14.0. The average molecular weight is 264 g/mol. The predicted molar refractivity (Wildman–Crippen MR) is 80.2 cm³/mol.